The molecule has 5 aliphatic carbocycles. The maximum atomic E-state index is 2.62. The fourth-order valence-corrected chi connectivity index (χ4v) is 13.1. The Hall–Kier alpha value is -5.18. The zero-order chi connectivity index (χ0) is 34.0. The highest BCUT2D eigenvalue weighted by Gasteiger charge is 2.61. The van der Waals surface area contributed by atoms with Gasteiger partial charge in [-0.05, 0) is 125 Å². The highest BCUT2D eigenvalue weighted by atomic mass is 32.1. The fourth-order valence-electron chi connectivity index (χ4n) is 12.0. The third-order valence-corrected chi connectivity index (χ3v) is 14.8. The lowest BCUT2D eigenvalue weighted by molar-refractivity contribution is -0.0399. The average molecular weight is 686 g/mol. The van der Waals surface area contributed by atoms with Crippen LogP contribution < -0.4 is 4.90 Å². The number of benzene rings is 7. The van der Waals surface area contributed by atoms with Gasteiger partial charge in [0.05, 0.1) is 11.4 Å². The predicted octanol–water partition coefficient (Wildman–Crippen LogP) is 14.1. The normalized spacial score (nSPS) is 23.8. The van der Waals surface area contributed by atoms with Gasteiger partial charge in [-0.25, -0.2) is 0 Å². The monoisotopic (exact) mass is 685 g/mol. The number of rotatable bonds is 4. The van der Waals surface area contributed by atoms with Gasteiger partial charge in [0, 0.05) is 42.2 Å². The lowest BCUT2D eigenvalue weighted by Gasteiger charge is -2.61. The molecule has 8 aromatic rings. The van der Waals surface area contributed by atoms with Crippen LogP contribution in [0.5, 0.6) is 0 Å². The standard InChI is InChI=1S/C50H39NS/c1-2-11-33(12-3-1)37-22-23-45(39-14-5-4-13-38(37)39)51(36-21-24-48-42(30-36)40-15-7-9-20-47(40)52-48)46-19-10-18-44-49(46)41-16-6-8-17-43(41)50(44)34-26-31-25-32(28-34)29-35(50)27-31/h1-24,30-32,34-35H,25-29H2. The Bertz CT molecular complexity index is 2690. The summed E-state index contributed by atoms with van der Waals surface area (Å²) in [6.07, 6.45) is 7.03. The van der Waals surface area contributed by atoms with E-state index in [1.54, 1.807) is 11.1 Å². The van der Waals surface area contributed by atoms with Crippen LogP contribution in [0, 0.1) is 23.7 Å². The van der Waals surface area contributed by atoms with Crippen LogP contribution in [0.15, 0.2) is 152 Å². The molecule has 1 heterocycles. The van der Waals surface area contributed by atoms with E-state index in [9.17, 15) is 0 Å². The molecular weight excluding hydrogens is 647 g/mol. The molecule has 13 rings (SSSR count). The largest absolute Gasteiger partial charge is 0.309 e. The molecule has 1 spiro atoms. The minimum atomic E-state index is 0.119. The van der Waals surface area contributed by atoms with Gasteiger partial charge in [-0.15, -0.1) is 11.3 Å². The van der Waals surface area contributed by atoms with E-state index in [2.05, 4.69) is 157 Å². The second-order valence-corrected chi connectivity index (χ2v) is 17.2. The minimum Gasteiger partial charge on any atom is -0.309 e. The summed E-state index contributed by atoms with van der Waals surface area (Å²) in [6, 6.07) is 57.7. The van der Waals surface area contributed by atoms with Crippen molar-refractivity contribution in [1.82, 2.24) is 0 Å². The average Bonchev–Trinajstić information content (AvgIpc) is 3.71. The molecule has 2 heteroatoms. The maximum absolute atomic E-state index is 2.62. The van der Waals surface area contributed by atoms with Crippen molar-refractivity contribution in [3.05, 3.63) is 163 Å². The fraction of sp³-hybridized carbons (Fsp3) is 0.200. The molecule has 0 radical (unpaired) electrons. The number of hydrogen-bond acceptors (Lipinski definition) is 2. The Morgan fingerprint density at radius 3 is 1.96 bits per heavy atom. The highest BCUT2D eigenvalue weighted by Crippen LogP contribution is 2.70. The van der Waals surface area contributed by atoms with E-state index >= 15 is 0 Å². The summed E-state index contributed by atoms with van der Waals surface area (Å²) in [4.78, 5) is 2.62. The summed E-state index contributed by atoms with van der Waals surface area (Å²) < 4.78 is 2.68. The molecule has 7 aromatic carbocycles. The first kappa shape index (κ1) is 29.4. The molecule has 0 saturated heterocycles. The van der Waals surface area contributed by atoms with Crippen LogP contribution in [-0.4, -0.2) is 0 Å². The van der Waals surface area contributed by atoms with Gasteiger partial charge in [-0.2, -0.15) is 0 Å². The molecule has 250 valence electrons. The van der Waals surface area contributed by atoms with Gasteiger partial charge in [0.25, 0.3) is 0 Å². The Kier molecular flexibility index (Phi) is 6.17. The quantitative estimate of drug-likeness (QED) is 0.178. The van der Waals surface area contributed by atoms with Gasteiger partial charge in [0.15, 0.2) is 0 Å². The van der Waals surface area contributed by atoms with Gasteiger partial charge in [0.2, 0.25) is 0 Å². The number of thiophene rings is 1. The van der Waals surface area contributed by atoms with E-state index in [1.807, 2.05) is 11.3 Å². The Labute approximate surface area is 309 Å². The molecule has 0 unspecified atom stereocenters. The molecule has 1 nitrogen and oxygen atoms in total. The van der Waals surface area contributed by atoms with Crippen molar-refractivity contribution in [3.8, 4) is 22.3 Å². The van der Waals surface area contributed by atoms with Crippen molar-refractivity contribution in [3.63, 3.8) is 0 Å². The van der Waals surface area contributed by atoms with Crippen molar-refractivity contribution in [2.24, 2.45) is 23.7 Å². The highest BCUT2D eigenvalue weighted by molar-refractivity contribution is 7.25. The van der Waals surface area contributed by atoms with Gasteiger partial charge in [0.1, 0.15) is 0 Å². The molecule has 4 fully saturated rings. The molecule has 52 heavy (non-hydrogen) atoms. The van der Waals surface area contributed by atoms with Crippen molar-refractivity contribution in [2.75, 3.05) is 4.90 Å². The zero-order valence-corrected chi connectivity index (χ0v) is 30.0. The second kappa shape index (κ2) is 10.9. The number of anilines is 3. The lowest BCUT2D eigenvalue weighted by Crippen LogP contribution is -2.55. The number of hydrogen-bond donors (Lipinski definition) is 0. The summed E-state index contributed by atoms with van der Waals surface area (Å²) in [5.74, 6) is 3.31. The molecular formula is C50H39NS. The van der Waals surface area contributed by atoms with Crippen LogP contribution in [0.25, 0.3) is 53.2 Å². The molecule has 4 bridgehead atoms. The summed E-state index contributed by atoms with van der Waals surface area (Å²) in [6.45, 7) is 0. The van der Waals surface area contributed by atoms with E-state index in [4.69, 9.17) is 0 Å². The number of nitrogens with zero attached hydrogens (tertiary/aromatic N) is 1. The number of fused-ring (bicyclic) bond motifs is 7. The molecule has 4 saturated carbocycles. The van der Waals surface area contributed by atoms with Gasteiger partial charge >= 0.3 is 0 Å². The first-order chi connectivity index (χ1) is 25.8. The van der Waals surface area contributed by atoms with E-state index in [0.717, 1.165) is 23.7 Å². The topological polar surface area (TPSA) is 3.24 Å². The predicted molar refractivity (Wildman–Crippen MR) is 220 cm³/mol. The molecule has 0 N–H and O–H groups in total. The summed E-state index contributed by atoms with van der Waals surface area (Å²) in [7, 11) is 0. The van der Waals surface area contributed by atoms with Crippen LogP contribution >= 0.6 is 11.3 Å². The van der Waals surface area contributed by atoms with Gasteiger partial charge < -0.3 is 4.90 Å². The molecule has 5 aliphatic rings. The van der Waals surface area contributed by atoms with E-state index < -0.39 is 0 Å². The summed E-state index contributed by atoms with van der Waals surface area (Å²) >= 11 is 1.90. The van der Waals surface area contributed by atoms with Crippen LogP contribution in [0.1, 0.15) is 43.2 Å². The Balaban J connectivity index is 1.15. The molecule has 0 atom stereocenters. The van der Waals surface area contributed by atoms with Crippen molar-refractivity contribution in [2.45, 2.75) is 37.5 Å². The third kappa shape index (κ3) is 3.94. The zero-order valence-electron chi connectivity index (χ0n) is 29.1. The first-order valence-electron chi connectivity index (χ1n) is 19.3. The van der Waals surface area contributed by atoms with Gasteiger partial charge in [-0.1, -0.05) is 115 Å². The smallest absolute Gasteiger partial charge is 0.0543 e. The van der Waals surface area contributed by atoms with Crippen LogP contribution in [0.4, 0.5) is 17.1 Å². The van der Waals surface area contributed by atoms with E-state index in [0.29, 0.717) is 0 Å². The van der Waals surface area contributed by atoms with Crippen LogP contribution in [0.2, 0.25) is 0 Å². The molecule has 1 aromatic heterocycles. The third-order valence-electron chi connectivity index (χ3n) is 13.6. The van der Waals surface area contributed by atoms with Crippen molar-refractivity contribution >= 4 is 59.3 Å². The Morgan fingerprint density at radius 1 is 0.462 bits per heavy atom. The molecule has 0 aliphatic heterocycles. The summed E-state index contributed by atoms with van der Waals surface area (Å²) in [5, 5.41) is 5.22. The van der Waals surface area contributed by atoms with Crippen LogP contribution in [0.3, 0.4) is 0 Å². The van der Waals surface area contributed by atoms with Gasteiger partial charge in [-0.3, -0.25) is 0 Å². The SMILES string of the molecule is c1ccc(-c2ccc(N(c3ccc4sc5ccccc5c4c3)c3cccc4c3-c3ccccc3C43C4CC5CC(C4)CC3C5)c3ccccc23)cc1. The first-order valence-corrected chi connectivity index (χ1v) is 20.1. The minimum absolute atomic E-state index is 0.119. The van der Waals surface area contributed by atoms with Crippen molar-refractivity contribution in [1.29, 1.82) is 0 Å². The van der Waals surface area contributed by atoms with Crippen LogP contribution in [-0.2, 0) is 5.41 Å². The Morgan fingerprint density at radius 2 is 1.13 bits per heavy atom. The maximum Gasteiger partial charge on any atom is 0.0543 e. The van der Waals surface area contributed by atoms with E-state index in [1.165, 1.54) is 102 Å². The molecule has 0 amide bonds. The lowest BCUT2D eigenvalue weighted by atomic mass is 9.43. The summed E-state index contributed by atoms with van der Waals surface area (Å²) in [5.41, 5.74) is 12.5. The van der Waals surface area contributed by atoms with E-state index in [-0.39, 0.29) is 5.41 Å². The van der Waals surface area contributed by atoms with Crippen molar-refractivity contribution < 1.29 is 0 Å². The second-order valence-electron chi connectivity index (χ2n) is 16.1.